The van der Waals surface area contributed by atoms with Crippen molar-refractivity contribution in [3.63, 3.8) is 0 Å². The summed E-state index contributed by atoms with van der Waals surface area (Å²) in [4.78, 5) is 17.1. The summed E-state index contributed by atoms with van der Waals surface area (Å²) in [5.74, 6) is 0.708. The van der Waals surface area contributed by atoms with E-state index >= 15 is 0 Å². The van der Waals surface area contributed by atoms with E-state index in [0.717, 1.165) is 0 Å². The van der Waals surface area contributed by atoms with Crippen LogP contribution in [0.1, 0.15) is 5.82 Å². The van der Waals surface area contributed by atoms with E-state index < -0.39 is 4.92 Å². The Morgan fingerprint density at radius 3 is 2.62 bits per heavy atom. The van der Waals surface area contributed by atoms with E-state index in [0.29, 0.717) is 16.9 Å². The van der Waals surface area contributed by atoms with Crippen molar-refractivity contribution in [1.29, 1.82) is 0 Å². The van der Waals surface area contributed by atoms with Crippen LogP contribution >= 0.6 is 0 Å². The molecule has 88 valence electrons. The number of anilines is 1. The van der Waals surface area contributed by atoms with Gasteiger partial charge in [0.25, 0.3) is 5.69 Å². The zero-order valence-corrected chi connectivity index (χ0v) is 8.44. The van der Waals surface area contributed by atoms with Gasteiger partial charge in [0.1, 0.15) is 11.5 Å². The first-order valence-corrected chi connectivity index (χ1v) is 3.98. The molecule has 0 amide bonds. The lowest BCUT2D eigenvalue weighted by molar-refractivity contribution is -0.383. The summed E-state index contributed by atoms with van der Waals surface area (Å²) >= 11 is 0. The molecule has 1 heterocycles. The van der Waals surface area contributed by atoms with E-state index in [1.54, 1.807) is 6.92 Å². The summed E-state index contributed by atoms with van der Waals surface area (Å²) < 4.78 is 0. The predicted molar refractivity (Wildman–Crippen MR) is 59.1 cm³/mol. The van der Waals surface area contributed by atoms with Gasteiger partial charge in [0, 0.05) is 6.07 Å². The number of H-pyrrole nitrogens is 1. The Hall–Kier alpha value is -2.19. The lowest BCUT2D eigenvalue weighted by Gasteiger charge is -1.95. The van der Waals surface area contributed by atoms with Crippen molar-refractivity contribution < 1.29 is 15.9 Å². The number of nitrogens with zero attached hydrogens (tertiary/aromatic N) is 2. The minimum absolute atomic E-state index is 0. The fourth-order valence-electron chi connectivity index (χ4n) is 1.35. The summed E-state index contributed by atoms with van der Waals surface area (Å²) in [6, 6.07) is 2.89. The quantitative estimate of drug-likeness (QED) is 0.389. The van der Waals surface area contributed by atoms with Crippen LogP contribution in [-0.2, 0) is 0 Å². The SMILES string of the molecule is Cc1nc2cc(N)c([N+](=O)[O-])cc2[nH]1.O.O. The van der Waals surface area contributed by atoms with Crippen LogP contribution in [0.2, 0.25) is 0 Å². The second kappa shape index (κ2) is 4.55. The molecule has 0 aliphatic carbocycles. The Morgan fingerprint density at radius 2 is 2.06 bits per heavy atom. The molecule has 8 nitrogen and oxygen atoms in total. The van der Waals surface area contributed by atoms with Crippen LogP contribution in [0.4, 0.5) is 11.4 Å². The topological polar surface area (TPSA) is 161 Å². The third-order valence-corrected chi connectivity index (χ3v) is 1.95. The normalized spacial score (nSPS) is 9.31. The summed E-state index contributed by atoms with van der Waals surface area (Å²) in [6.07, 6.45) is 0. The highest BCUT2D eigenvalue weighted by Gasteiger charge is 2.13. The predicted octanol–water partition coefficient (Wildman–Crippen LogP) is -0.288. The molecule has 0 aliphatic heterocycles. The smallest absolute Gasteiger partial charge is 0.294 e. The Balaban J connectivity index is 0.00000112. The fraction of sp³-hybridized carbons (Fsp3) is 0.125. The van der Waals surface area contributed by atoms with E-state index in [1.807, 2.05) is 0 Å². The highest BCUT2D eigenvalue weighted by atomic mass is 16.6. The summed E-state index contributed by atoms with van der Waals surface area (Å²) in [6.45, 7) is 1.78. The standard InChI is InChI=1S/C8H8N4O2.2H2O/c1-4-10-6-2-5(9)8(12(13)14)3-7(6)11-4;;/h2-3H,9H2,1H3,(H,10,11);2*1H2. The number of aryl methyl sites for hydroxylation is 1. The molecule has 0 fully saturated rings. The highest BCUT2D eigenvalue weighted by Crippen LogP contribution is 2.26. The summed E-state index contributed by atoms with van der Waals surface area (Å²) in [5.41, 5.74) is 6.81. The van der Waals surface area contributed by atoms with Crippen LogP contribution in [0.5, 0.6) is 0 Å². The van der Waals surface area contributed by atoms with Gasteiger partial charge in [0.05, 0.1) is 16.0 Å². The van der Waals surface area contributed by atoms with Gasteiger partial charge in [-0.05, 0) is 13.0 Å². The monoisotopic (exact) mass is 228 g/mol. The van der Waals surface area contributed by atoms with Crippen molar-refractivity contribution in [1.82, 2.24) is 9.97 Å². The Kier molecular flexibility index (Phi) is 3.93. The van der Waals surface area contributed by atoms with Crippen LogP contribution < -0.4 is 5.73 Å². The molecule has 2 rings (SSSR count). The number of aromatic nitrogens is 2. The molecule has 2 aromatic rings. The lowest BCUT2D eigenvalue weighted by atomic mass is 10.2. The first-order chi connectivity index (χ1) is 6.58. The van der Waals surface area contributed by atoms with Crippen molar-refractivity contribution >= 4 is 22.4 Å². The number of nitro groups is 1. The number of hydrogen-bond acceptors (Lipinski definition) is 4. The van der Waals surface area contributed by atoms with Gasteiger partial charge in [0.15, 0.2) is 0 Å². The Labute approximate surface area is 89.9 Å². The van der Waals surface area contributed by atoms with Gasteiger partial charge >= 0.3 is 0 Å². The van der Waals surface area contributed by atoms with Gasteiger partial charge in [-0.25, -0.2) is 4.98 Å². The van der Waals surface area contributed by atoms with Gasteiger partial charge in [0.2, 0.25) is 0 Å². The van der Waals surface area contributed by atoms with Crippen LogP contribution in [0.15, 0.2) is 12.1 Å². The molecule has 0 atom stereocenters. The molecule has 1 aromatic carbocycles. The average Bonchev–Trinajstić information content (AvgIpc) is 2.42. The maximum absolute atomic E-state index is 10.6. The van der Waals surface area contributed by atoms with E-state index in [-0.39, 0.29) is 22.3 Å². The number of hydrogen-bond donors (Lipinski definition) is 2. The maximum atomic E-state index is 10.6. The summed E-state index contributed by atoms with van der Waals surface area (Å²) in [5, 5.41) is 10.6. The van der Waals surface area contributed by atoms with E-state index in [1.165, 1.54) is 12.1 Å². The molecule has 0 bridgehead atoms. The number of nitrogens with two attached hydrogens (primary N) is 1. The second-order valence-corrected chi connectivity index (χ2v) is 3.01. The highest BCUT2D eigenvalue weighted by molar-refractivity contribution is 5.84. The number of imidazole rings is 1. The van der Waals surface area contributed by atoms with E-state index in [2.05, 4.69) is 9.97 Å². The Bertz CT molecular complexity index is 522. The molecule has 1 aromatic heterocycles. The van der Waals surface area contributed by atoms with Crippen molar-refractivity contribution in [2.45, 2.75) is 6.92 Å². The van der Waals surface area contributed by atoms with Crippen LogP contribution in [0, 0.1) is 17.0 Å². The van der Waals surface area contributed by atoms with E-state index in [4.69, 9.17) is 5.73 Å². The number of nitro benzene ring substituents is 1. The zero-order chi connectivity index (χ0) is 10.3. The molecule has 16 heavy (non-hydrogen) atoms. The molecule has 0 spiro atoms. The Morgan fingerprint density at radius 1 is 1.44 bits per heavy atom. The number of rotatable bonds is 1. The first-order valence-electron chi connectivity index (χ1n) is 3.98. The number of nitrogen functional groups attached to an aromatic ring is 1. The summed E-state index contributed by atoms with van der Waals surface area (Å²) in [7, 11) is 0. The van der Waals surface area contributed by atoms with Crippen LogP contribution in [0.25, 0.3) is 11.0 Å². The lowest BCUT2D eigenvalue weighted by Crippen LogP contribution is -1.95. The third-order valence-electron chi connectivity index (χ3n) is 1.95. The third kappa shape index (κ3) is 2.07. The molecular weight excluding hydrogens is 216 g/mol. The van der Waals surface area contributed by atoms with Gasteiger partial charge < -0.3 is 21.7 Å². The molecular formula is C8H12N4O4. The molecule has 0 unspecified atom stereocenters. The largest absolute Gasteiger partial charge is 0.412 e. The molecule has 0 saturated heterocycles. The minimum Gasteiger partial charge on any atom is -0.412 e. The van der Waals surface area contributed by atoms with Crippen LogP contribution in [-0.4, -0.2) is 25.8 Å². The van der Waals surface area contributed by atoms with Gasteiger partial charge in [-0.1, -0.05) is 0 Å². The first kappa shape index (κ1) is 13.8. The van der Waals surface area contributed by atoms with Gasteiger partial charge in [-0.3, -0.25) is 10.1 Å². The maximum Gasteiger partial charge on any atom is 0.294 e. The fourth-order valence-corrected chi connectivity index (χ4v) is 1.35. The molecule has 0 radical (unpaired) electrons. The van der Waals surface area contributed by atoms with Crippen molar-refractivity contribution in [3.05, 3.63) is 28.1 Å². The average molecular weight is 228 g/mol. The number of aromatic amines is 1. The molecule has 8 heteroatoms. The molecule has 7 N–H and O–H groups in total. The second-order valence-electron chi connectivity index (χ2n) is 3.01. The number of nitrogens with one attached hydrogen (secondary N) is 1. The van der Waals surface area contributed by atoms with Crippen molar-refractivity contribution in [2.75, 3.05) is 5.73 Å². The van der Waals surface area contributed by atoms with Crippen LogP contribution in [0.3, 0.4) is 0 Å². The van der Waals surface area contributed by atoms with Crippen molar-refractivity contribution in [2.24, 2.45) is 0 Å². The number of benzene rings is 1. The van der Waals surface area contributed by atoms with Crippen molar-refractivity contribution in [3.8, 4) is 0 Å². The van der Waals surface area contributed by atoms with Gasteiger partial charge in [-0.15, -0.1) is 0 Å². The molecule has 0 aliphatic rings. The molecule has 0 saturated carbocycles. The van der Waals surface area contributed by atoms with E-state index in [9.17, 15) is 10.1 Å². The minimum atomic E-state index is -0.509. The van der Waals surface area contributed by atoms with Gasteiger partial charge in [-0.2, -0.15) is 0 Å². The zero-order valence-electron chi connectivity index (χ0n) is 8.44. The number of fused-ring (bicyclic) bond motifs is 1.